The molecular formula is C19H21NO3. The quantitative estimate of drug-likeness (QED) is 0.942. The van der Waals surface area contributed by atoms with Crippen LogP contribution in [0, 0.1) is 0 Å². The number of ether oxygens (including phenoxy) is 3. The predicted octanol–water partition coefficient (Wildman–Crippen LogP) is 2.73. The summed E-state index contributed by atoms with van der Waals surface area (Å²) in [6.07, 6.45) is 1.16. The van der Waals surface area contributed by atoms with Crippen LogP contribution < -0.4 is 14.8 Å². The Hall–Kier alpha value is -2.04. The molecule has 2 aliphatic heterocycles. The first kappa shape index (κ1) is 14.5. The highest BCUT2D eigenvalue weighted by atomic mass is 16.6. The molecule has 0 saturated carbocycles. The van der Waals surface area contributed by atoms with E-state index in [0.717, 1.165) is 37.6 Å². The summed E-state index contributed by atoms with van der Waals surface area (Å²) in [6.45, 7) is 2.90. The normalized spacial score (nSPS) is 22.4. The molecule has 0 bridgehead atoms. The molecule has 4 nitrogen and oxygen atoms in total. The van der Waals surface area contributed by atoms with Crippen LogP contribution in [0.1, 0.15) is 17.2 Å². The second kappa shape index (κ2) is 6.60. The Labute approximate surface area is 136 Å². The lowest BCUT2D eigenvalue weighted by Crippen LogP contribution is -2.40. The number of fused-ring (bicyclic) bond motifs is 2. The first-order valence-corrected chi connectivity index (χ1v) is 8.19. The monoisotopic (exact) mass is 311 g/mol. The average molecular weight is 311 g/mol. The molecule has 1 N–H and O–H groups in total. The Balaban J connectivity index is 1.32. The van der Waals surface area contributed by atoms with E-state index in [9.17, 15) is 0 Å². The van der Waals surface area contributed by atoms with Gasteiger partial charge >= 0.3 is 0 Å². The van der Waals surface area contributed by atoms with Crippen LogP contribution in [0.25, 0.3) is 0 Å². The summed E-state index contributed by atoms with van der Waals surface area (Å²) in [5.41, 5.74) is 2.70. The third-order valence-electron chi connectivity index (χ3n) is 4.36. The van der Waals surface area contributed by atoms with Gasteiger partial charge in [-0.3, -0.25) is 0 Å². The maximum absolute atomic E-state index is 5.96. The minimum Gasteiger partial charge on any atom is -0.486 e. The summed E-state index contributed by atoms with van der Waals surface area (Å²) in [7, 11) is 0. The lowest BCUT2D eigenvalue weighted by molar-refractivity contribution is 0.0372. The summed E-state index contributed by atoms with van der Waals surface area (Å²) >= 11 is 0. The van der Waals surface area contributed by atoms with Crippen molar-refractivity contribution in [3.05, 3.63) is 59.7 Å². The molecule has 0 aromatic heterocycles. The zero-order chi connectivity index (χ0) is 15.5. The van der Waals surface area contributed by atoms with E-state index in [4.69, 9.17) is 14.2 Å². The largest absolute Gasteiger partial charge is 0.486 e. The molecule has 0 saturated heterocycles. The van der Waals surface area contributed by atoms with Gasteiger partial charge in [0.25, 0.3) is 0 Å². The van der Waals surface area contributed by atoms with Gasteiger partial charge in [0.2, 0.25) is 0 Å². The van der Waals surface area contributed by atoms with Gasteiger partial charge in [0.15, 0.2) is 11.5 Å². The van der Waals surface area contributed by atoms with Crippen molar-refractivity contribution in [2.24, 2.45) is 0 Å². The second-order valence-corrected chi connectivity index (χ2v) is 5.96. The molecule has 2 aliphatic rings. The van der Waals surface area contributed by atoms with Crippen molar-refractivity contribution in [2.75, 3.05) is 26.3 Å². The summed E-state index contributed by atoms with van der Waals surface area (Å²) in [5.74, 6) is 1.65. The molecule has 2 heterocycles. The van der Waals surface area contributed by atoms with Crippen molar-refractivity contribution >= 4 is 0 Å². The molecule has 23 heavy (non-hydrogen) atoms. The standard InChI is InChI=1S/C19H21NO3/c1-2-6-16-14(5-1)9-10-21-19(16)12-20-11-15-13-22-17-7-3-4-8-18(17)23-15/h1-8,15,19-20H,9-13H2/t15-,19-/m0/s1. The SMILES string of the molecule is c1ccc2c(c1)CCO[C@H]2CNC[C@H]1COc2ccccc2O1. The van der Waals surface area contributed by atoms with Crippen LogP contribution in [0.4, 0.5) is 0 Å². The highest BCUT2D eigenvalue weighted by molar-refractivity contribution is 5.40. The first-order chi connectivity index (χ1) is 11.4. The molecule has 2 aromatic carbocycles. The molecule has 2 atom stereocenters. The fourth-order valence-electron chi connectivity index (χ4n) is 3.18. The van der Waals surface area contributed by atoms with Crippen LogP contribution >= 0.6 is 0 Å². The topological polar surface area (TPSA) is 39.7 Å². The minimum absolute atomic E-state index is 0.0312. The van der Waals surface area contributed by atoms with Crippen molar-refractivity contribution in [1.29, 1.82) is 0 Å². The van der Waals surface area contributed by atoms with Gasteiger partial charge < -0.3 is 19.5 Å². The zero-order valence-electron chi connectivity index (χ0n) is 13.0. The number of rotatable bonds is 4. The summed E-state index contributed by atoms with van der Waals surface area (Å²) < 4.78 is 17.6. The maximum atomic E-state index is 5.96. The molecule has 0 amide bonds. The summed E-state index contributed by atoms with van der Waals surface area (Å²) in [4.78, 5) is 0. The van der Waals surface area contributed by atoms with Gasteiger partial charge in [-0.05, 0) is 29.7 Å². The molecule has 4 rings (SSSR count). The summed E-state index contributed by atoms with van der Waals surface area (Å²) in [5, 5.41) is 3.47. The number of benzene rings is 2. The van der Waals surface area contributed by atoms with Gasteiger partial charge in [0.05, 0.1) is 12.7 Å². The molecule has 2 aromatic rings. The minimum atomic E-state index is 0.0312. The fourth-order valence-corrected chi connectivity index (χ4v) is 3.18. The van der Waals surface area contributed by atoms with E-state index in [1.54, 1.807) is 0 Å². The number of para-hydroxylation sites is 2. The highest BCUT2D eigenvalue weighted by Crippen LogP contribution is 2.31. The molecular weight excluding hydrogens is 290 g/mol. The van der Waals surface area contributed by atoms with Crippen LogP contribution in [-0.2, 0) is 11.2 Å². The summed E-state index contributed by atoms with van der Waals surface area (Å²) in [6, 6.07) is 16.3. The second-order valence-electron chi connectivity index (χ2n) is 5.96. The number of nitrogens with one attached hydrogen (secondary N) is 1. The predicted molar refractivity (Wildman–Crippen MR) is 88.1 cm³/mol. The van der Waals surface area contributed by atoms with Crippen molar-refractivity contribution in [3.8, 4) is 11.5 Å². The molecule has 0 spiro atoms. The van der Waals surface area contributed by atoms with Gasteiger partial charge in [-0.15, -0.1) is 0 Å². The zero-order valence-corrected chi connectivity index (χ0v) is 13.0. The molecule has 120 valence electrons. The van der Waals surface area contributed by atoms with Crippen LogP contribution in [0.5, 0.6) is 11.5 Å². The van der Waals surface area contributed by atoms with E-state index >= 15 is 0 Å². The molecule has 0 unspecified atom stereocenters. The third kappa shape index (κ3) is 3.19. The van der Waals surface area contributed by atoms with Crippen LogP contribution in [0.15, 0.2) is 48.5 Å². The van der Waals surface area contributed by atoms with Gasteiger partial charge in [-0.2, -0.15) is 0 Å². The average Bonchev–Trinajstić information content (AvgIpc) is 2.62. The van der Waals surface area contributed by atoms with E-state index < -0.39 is 0 Å². The van der Waals surface area contributed by atoms with E-state index in [-0.39, 0.29) is 12.2 Å². The van der Waals surface area contributed by atoms with Crippen LogP contribution in [0.2, 0.25) is 0 Å². The van der Waals surface area contributed by atoms with E-state index in [1.165, 1.54) is 11.1 Å². The van der Waals surface area contributed by atoms with Crippen LogP contribution in [0.3, 0.4) is 0 Å². The van der Waals surface area contributed by atoms with E-state index in [2.05, 4.69) is 29.6 Å². The smallest absolute Gasteiger partial charge is 0.161 e. The van der Waals surface area contributed by atoms with Gasteiger partial charge in [0.1, 0.15) is 12.7 Å². The van der Waals surface area contributed by atoms with Gasteiger partial charge in [-0.1, -0.05) is 36.4 Å². The van der Waals surface area contributed by atoms with Crippen molar-refractivity contribution < 1.29 is 14.2 Å². The van der Waals surface area contributed by atoms with Gasteiger partial charge in [0, 0.05) is 13.1 Å². The van der Waals surface area contributed by atoms with E-state index in [1.807, 2.05) is 24.3 Å². The fraction of sp³-hybridized carbons (Fsp3) is 0.368. The first-order valence-electron chi connectivity index (χ1n) is 8.19. The number of hydrogen-bond acceptors (Lipinski definition) is 4. The third-order valence-corrected chi connectivity index (χ3v) is 4.36. The Morgan fingerprint density at radius 2 is 1.78 bits per heavy atom. The highest BCUT2D eigenvalue weighted by Gasteiger charge is 2.23. The Kier molecular flexibility index (Phi) is 4.18. The van der Waals surface area contributed by atoms with E-state index in [0.29, 0.717) is 6.61 Å². The molecule has 4 heteroatoms. The number of hydrogen-bond donors (Lipinski definition) is 1. The Morgan fingerprint density at radius 3 is 2.74 bits per heavy atom. The molecule has 0 aliphatic carbocycles. The van der Waals surface area contributed by atoms with Crippen LogP contribution in [-0.4, -0.2) is 32.4 Å². The van der Waals surface area contributed by atoms with Crippen molar-refractivity contribution in [1.82, 2.24) is 5.32 Å². The molecule has 0 radical (unpaired) electrons. The lowest BCUT2D eigenvalue weighted by Gasteiger charge is -2.29. The lowest BCUT2D eigenvalue weighted by atomic mass is 9.97. The Morgan fingerprint density at radius 1 is 0.957 bits per heavy atom. The molecule has 0 fully saturated rings. The maximum Gasteiger partial charge on any atom is 0.161 e. The van der Waals surface area contributed by atoms with Gasteiger partial charge in [-0.25, -0.2) is 0 Å². The van der Waals surface area contributed by atoms with Crippen molar-refractivity contribution in [3.63, 3.8) is 0 Å². The Bertz CT molecular complexity index is 673. The van der Waals surface area contributed by atoms with Crippen molar-refractivity contribution in [2.45, 2.75) is 18.6 Å².